The molecule has 6 heteroatoms. The summed E-state index contributed by atoms with van der Waals surface area (Å²) in [6, 6.07) is 1.64. The predicted octanol–water partition coefficient (Wildman–Crippen LogP) is 0.683. The molecule has 0 bridgehead atoms. The zero-order valence-corrected chi connectivity index (χ0v) is 11.4. The third-order valence-electron chi connectivity index (χ3n) is 3.65. The van der Waals surface area contributed by atoms with Crippen LogP contribution in [-0.4, -0.2) is 30.4 Å². The van der Waals surface area contributed by atoms with Crippen LogP contribution in [0.1, 0.15) is 27.7 Å². The standard InChI is InChI=1S/C12H18BNO4/c1-11(2)12(3,4)18-13(17-11)9-6-8(16-5)7-14-10(9)15/h6-7H,1-5H3,(H,14,15). The lowest BCUT2D eigenvalue weighted by Crippen LogP contribution is -2.44. The fourth-order valence-electron chi connectivity index (χ4n) is 1.74. The Labute approximate surface area is 107 Å². The van der Waals surface area contributed by atoms with Crippen molar-refractivity contribution in [3.63, 3.8) is 0 Å². The molecule has 1 aliphatic rings. The fraction of sp³-hybridized carbons (Fsp3) is 0.583. The monoisotopic (exact) mass is 251 g/mol. The average molecular weight is 251 g/mol. The predicted molar refractivity (Wildman–Crippen MR) is 69.3 cm³/mol. The second-order valence-corrected chi connectivity index (χ2v) is 5.41. The molecule has 98 valence electrons. The van der Waals surface area contributed by atoms with E-state index in [1.807, 2.05) is 27.7 Å². The smallest absolute Gasteiger partial charge is 0.495 e. The molecular formula is C12H18BNO4. The summed E-state index contributed by atoms with van der Waals surface area (Å²) in [6.45, 7) is 7.78. The first kappa shape index (κ1) is 13.2. The molecule has 0 saturated carbocycles. The van der Waals surface area contributed by atoms with E-state index in [1.54, 1.807) is 13.2 Å². The maximum Gasteiger partial charge on any atom is 0.500 e. The minimum atomic E-state index is -0.672. The van der Waals surface area contributed by atoms with E-state index in [9.17, 15) is 4.79 Å². The van der Waals surface area contributed by atoms with Gasteiger partial charge in [-0.05, 0) is 33.8 Å². The van der Waals surface area contributed by atoms with E-state index < -0.39 is 18.3 Å². The Balaban J connectivity index is 2.38. The molecule has 1 aromatic heterocycles. The number of H-pyrrole nitrogens is 1. The summed E-state index contributed by atoms with van der Waals surface area (Å²) in [4.78, 5) is 14.4. The Hall–Kier alpha value is -1.27. The number of nitrogens with one attached hydrogen (secondary N) is 1. The van der Waals surface area contributed by atoms with Gasteiger partial charge in [-0.25, -0.2) is 0 Å². The van der Waals surface area contributed by atoms with E-state index in [4.69, 9.17) is 14.0 Å². The molecule has 0 amide bonds. The van der Waals surface area contributed by atoms with Crippen LogP contribution in [0.15, 0.2) is 17.1 Å². The van der Waals surface area contributed by atoms with Gasteiger partial charge in [0.25, 0.3) is 0 Å². The van der Waals surface area contributed by atoms with Crippen molar-refractivity contribution in [3.8, 4) is 5.75 Å². The van der Waals surface area contributed by atoms with Gasteiger partial charge in [-0.3, -0.25) is 4.79 Å². The zero-order valence-electron chi connectivity index (χ0n) is 11.4. The Kier molecular flexibility index (Phi) is 3.03. The molecule has 1 fully saturated rings. The molecule has 2 rings (SSSR count). The SMILES string of the molecule is COc1c[nH]c(=O)c(B2OC(C)(C)C(C)(C)O2)c1. The number of aromatic nitrogens is 1. The Morgan fingerprint density at radius 3 is 2.28 bits per heavy atom. The van der Waals surface area contributed by atoms with Crippen LogP contribution in [0.2, 0.25) is 0 Å². The van der Waals surface area contributed by atoms with Crippen molar-refractivity contribution in [3.05, 3.63) is 22.6 Å². The molecule has 0 spiro atoms. The van der Waals surface area contributed by atoms with E-state index in [-0.39, 0.29) is 5.56 Å². The fourth-order valence-corrected chi connectivity index (χ4v) is 1.74. The summed E-state index contributed by atoms with van der Waals surface area (Å²) < 4.78 is 16.8. The first-order valence-corrected chi connectivity index (χ1v) is 5.89. The number of pyridine rings is 1. The summed E-state index contributed by atoms with van der Waals surface area (Å²) in [5, 5.41) is 0. The number of methoxy groups -OCH3 is 1. The lowest BCUT2D eigenvalue weighted by molar-refractivity contribution is 0.00578. The van der Waals surface area contributed by atoms with Crippen molar-refractivity contribution in [2.45, 2.75) is 38.9 Å². The van der Waals surface area contributed by atoms with Gasteiger partial charge in [0.1, 0.15) is 5.75 Å². The topological polar surface area (TPSA) is 60.6 Å². The van der Waals surface area contributed by atoms with Crippen LogP contribution in [0.25, 0.3) is 0 Å². The minimum Gasteiger partial charge on any atom is -0.495 e. The molecule has 0 aliphatic carbocycles. The van der Waals surface area contributed by atoms with Crippen LogP contribution in [0, 0.1) is 0 Å². The van der Waals surface area contributed by atoms with E-state index >= 15 is 0 Å². The molecule has 0 atom stereocenters. The van der Waals surface area contributed by atoms with Gasteiger partial charge >= 0.3 is 7.12 Å². The van der Waals surface area contributed by atoms with Crippen LogP contribution in [0.5, 0.6) is 5.75 Å². The number of hydrogen-bond acceptors (Lipinski definition) is 4. The molecule has 18 heavy (non-hydrogen) atoms. The van der Waals surface area contributed by atoms with Crippen molar-refractivity contribution in [1.29, 1.82) is 0 Å². The average Bonchev–Trinajstić information content (AvgIpc) is 2.48. The second kappa shape index (κ2) is 4.14. The third kappa shape index (κ3) is 2.06. The molecule has 0 unspecified atom stereocenters. The molecule has 1 aliphatic heterocycles. The number of ether oxygens (including phenoxy) is 1. The third-order valence-corrected chi connectivity index (χ3v) is 3.65. The molecule has 1 N–H and O–H groups in total. The number of aromatic amines is 1. The molecule has 1 aromatic rings. The van der Waals surface area contributed by atoms with Gasteiger partial charge < -0.3 is 19.0 Å². The highest BCUT2D eigenvalue weighted by Crippen LogP contribution is 2.36. The highest BCUT2D eigenvalue weighted by molar-refractivity contribution is 6.62. The molecule has 0 radical (unpaired) electrons. The summed E-state index contributed by atoms with van der Waals surface area (Å²) in [6.07, 6.45) is 1.51. The van der Waals surface area contributed by atoms with Crippen molar-refractivity contribution >= 4 is 12.6 Å². The van der Waals surface area contributed by atoms with E-state index in [0.717, 1.165) is 0 Å². The second-order valence-electron chi connectivity index (χ2n) is 5.41. The van der Waals surface area contributed by atoms with Gasteiger partial charge in [0.2, 0.25) is 5.56 Å². The van der Waals surface area contributed by atoms with Gasteiger partial charge in [0.15, 0.2) is 0 Å². The highest BCUT2D eigenvalue weighted by atomic mass is 16.7. The van der Waals surface area contributed by atoms with Crippen molar-refractivity contribution in [2.75, 3.05) is 7.11 Å². The summed E-state index contributed by atoms with van der Waals surface area (Å²) in [5.74, 6) is 0.569. The van der Waals surface area contributed by atoms with E-state index in [2.05, 4.69) is 4.98 Å². The van der Waals surface area contributed by atoms with Gasteiger partial charge in [0.05, 0.1) is 23.8 Å². The van der Waals surface area contributed by atoms with Gasteiger partial charge in [-0.2, -0.15) is 0 Å². The summed E-state index contributed by atoms with van der Waals surface area (Å²) >= 11 is 0. The first-order valence-electron chi connectivity index (χ1n) is 5.89. The lowest BCUT2D eigenvalue weighted by Gasteiger charge is -2.32. The van der Waals surface area contributed by atoms with Gasteiger partial charge in [-0.15, -0.1) is 0 Å². The molecule has 2 heterocycles. The highest BCUT2D eigenvalue weighted by Gasteiger charge is 2.52. The van der Waals surface area contributed by atoms with Crippen LogP contribution in [0.4, 0.5) is 0 Å². The quantitative estimate of drug-likeness (QED) is 0.785. The lowest BCUT2D eigenvalue weighted by atomic mass is 9.80. The Morgan fingerprint density at radius 2 is 1.78 bits per heavy atom. The van der Waals surface area contributed by atoms with Crippen molar-refractivity contribution in [1.82, 2.24) is 4.98 Å². The van der Waals surface area contributed by atoms with Gasteiger partial charge in [-0.1, -0.05) is 0 Å². The summed E-state index contributed by atoms with van der Waals surface area (Å²) in [5.41, 5.74) is -0.734. The maximum absolute atomic E-state index is 11.8. The maximum atomic E-state index is 11.8. The van der Waals surface area contributed by atoms with Crippen molar-refractivity contribution < 1.29 is 14.0 Å². The number of hydrogen-bond donors (Lipinski definition) is 1. The summed E-state index contributed by atoms with van der Waals surface area (Å²) in [7, 11) is 0.871. The normalized spacial score (nSPS) is 21.1. The van der Waals surface area contributed by atoms with E-state index in [0.29, 0.717) is 11.2 Å². The molecule has 0 aromatic carbocycles. The largest absolute Gasteiger partial charge is 0.500 e. The molecular weight excluding hydrogens is 233 g/mol. The molecule has 5 nitrogen and oxygen atoms in total. The zero-order chi connectivity index (χ0) is 13.6. The van der Waals surface area contributed by atoms with Crippen LogP contribution >= 0.6 is 0 Å². The number of rotatable bonds is 2. The van der Waals surface area contributed by atoms with Crippen LogP contribution < -0.4 is 15.8 Å². The van der Waals surface area contributed by atoms with Gasteiger partial charge in [0, 0.05) is 6.20 Å². The van der Waals surface area contributed by atoms with Crippen LogP contribution in [0.3, 0.4) is 0 Å². The Morgan fingerprint density at radius 1 is 1.22 bits per heavy atom. The van der Waals surface area contributed by atoms with E-state index in [1.165, 1.54) is 6.20 Å². The Bertz CT molecular complexity index is 493. The molecule has 1 saturated heterocycles. The minimum absolute atomic E-state index is 0.227. The van der Waals surface area contributed by atoms with Crippen molar-refractivity contribution in [2.24, 2.45) is 0 Å². The van der Waals surface area contributed by atoms with Crippen LogP contribution in [-0.2, 0) is 9.31 Å². The first-order chi connectivity index (χ1) is 8.27.